The lowest BCUT2D eigenvalue weighted by atomic mass is 10.1. The summed E-state index contributed by atoms with van der Waals surface area (Å²) in [6.07, 6.45) is 5.01. The average molecular weight is 140 g/mol. The minimum absolute atomic E-state index is 0.0347. The molecule has 0 bridgehead atoms. The summed E-state index contributed by atoms with van der Waals surface area (Å²) in [4.78, 5) is 10.5. The first-order chi connectivity index (χ1) is 4.68. The number of hydrogen-bond donors (Lipinski definition) is 0. The number of esters is 1. The predicted octanol–water partition coefficient (Wildman–Crippen LogP) is 1.51. The first kappa shape index (κ1) is 7.32. The largest absolute Gasteiger partial charge is 0.458 e. The Morgan fingerprint density at radius 1 is 1.60 bits per heavy atom. The molecule has 0 saturated heterocycles. The highest BCUT2D eigenvalue weighted by Crippen LogP contribution is 2.19. The zero-order valence-electron chi connectivity index (χ0n) is 6.33. The lowest BCUT2D eigenvalue weighted by Gasteiger charge is -2.08. The van der Waals surface area contributed by atoms with Crippen molar-refractivity contribution < 1.29 is 9.53 Å². The molecular formula is C8H12O2. The number of carbonyl (C=O) groups is 1. The Hall–Kier alpha value is -0.790. The van der Waals surface area contributed by atoms with Gasteiger partial charge in [-0.2, -0.15) is 0 Å². The van der Waals surface area contributed by atoms with Crippen molar-refractivity contribution in [2.75, 3.05) is 0 Å². The summed E-state index contributed by atoms with van der Waals surface area (Å²) < 4.78 is 4.96. The molecule has 0 spiro atoms. The number of ether oxygens (including phenoxy) is 1. The van der Waals surface area contributed by atoms with Crippen LogP contribution in [0.5, 0.6) is 0 Å². The third-order valence-corrected chi connectivity index (χ3v) is 1.58. The second-order valence-electron chi connectivity index (χ2n) is 2.75. The standard InChI is InChI=1S/C8H12O2/c1-6-3-4-8(5-6)10-7(2)9/h3-4,6,8H,5H2,1-2H3. The van der Waals surface area contributed by atoms with E-state index < -0.39 is 0 Å². The van der Waals surface area contributed by atoms with Crippen molar-refractivity contribution in [2.45, 2.75) is 26.4 Å². The van der Waals surface area contributed by atoms with Gasteiger partial charge in [0.15, 0.2) is 0 Å². The van der Waals surface area contributed by atoms with Gasteiger partial charge < -0.3 is 4.74 Å². The number of hydrogen-bond acceptors (Lipinski definition) is 2. The Bertz CT molecular complexity index is 161. The smallest absolute Gasteiger partial charge is 0.303 e. The van der Waals surface area contributed by atoms with Crippen molar-refractivity contribution in [3.63, 3.8) is 0 Å². The molecule has 0 saturated carbocycles. The Labute approximate surface area is 60.9 Å². The van der Waals surface area contributed by atoms with Gasteiger partial charge in [0.05, 0.1) is 0 Å². The van der Waals surface area contributed by atoms with E-state index in [9.17, 15) is 4.79 Å². The first-order valence-electron chi connectivity index (χ1n) is 3.54. The van der Waals surface area contributed by atoms with Crippen molar-refractivity contribution in [1.29, 1.82) is 0 Å². The maximum atomic E-state index is 10.5. The highest BCUT2D eigenvalue weighted by Gasteiger charge is 2.16. The molecule has 1 aliphatic carbocycles. The number of carbonyl (C=O) groups excluding carboxylic acids is 1. The van der Waals surface area contributed by atoms with E-state index in [1.807, 2.05) is 6.08 Å². The van der Waals surface area contributed by atoms with Crippen LogP contribution in [0.4, 0.5) is 0 Å². The van der Waals surface area contributed by atoms with Crippen LogP contribution < -0.4 is 0 Å². The summed E-state index contributed by atoms with van der Waals surface area (Å²) in [5, 5.41) is 0. The third kappa shape index (κ3) is 1.87. The molecule has 10 heavy (non-hydrogen) atoms. The van der Waals surface area contributed by atoms with Gasteiger partial charge in [-0.15, -0.1) is 0 Å². The van der Waals surface area contributed by atoms with E-state index in [1.165, 1.54) is 6.92 Å². The van der Waals surface area contributed by atoms with Gasteiger partial charge >= 0.3 is 5.97 Å². The molecule has 0 aromatic rings. The molecular weight excluding hydrogens is 128 g/mol. The van der Waals surface area contributed by atoms with Crippen LogP contribution in [-0.2, 0) is 9.53 Å². The van der Waals surface area contributed by atoms with Crippen LogP contribution in [0, 0.1) is 5.92 Å². The zero-order valence-corrected chi connectivity index (χ0v) is 6.33. The van der Waals surface area contributed by atoms with Gasteiger partial charge in [0, 0.05) is 6.92 Å². The highest BCUT2D eigenvalue weighted by molar-refractivity contribution is 5.66. The molecule has 0 N–H and O–H groups in total. The van der Waals surface area contributed by atoms with Crippen molar-refractivity contribution in [3.05, 3.63) is 12.2 Å². The van der Waals surface area contributed by atoms with Gasteiger partial charge in [0.1, 0.15) is 6.10 Å². The van der Waals surface area contributed by atoms with Crippen LogP contribution in [-0.4, -0.2) is 12.1 Å². The van der Waals surface area contributed by atoms with Crippen LogP contribution in [0.2, 0.25) is 0 Å². The summed E-state index contributed by atoms with van der Waals surface area (Å²) in [7, 11) is 0. The van der Waals surface area contributed by atoms with E-state index >= 15 is 0 Å². The predicted molar refractivity (Wildman–Crippen MR) is 38.5 cm³/mol. The van der Waals surface area contributed by atoms with Crippen molar-refractivity contribution >= 4 is 5.97 Å². The molecule has 2 atom stereocenters. The van der Waals surface area contributed by atoms with E-state index in [2.05, 4.69) is 13.0 Å². The first-order valence-corrected chi connectivity index (χ1v) is 3.54. The van der Waals surface area contributed by atoms with Crippen molar-refractivity contribution in [2.24, 2.45) is 5.92 Å². The van der Waals surface area contributed by atoms with Gasteiger partial charge in [0.25, 0.3) is 0 Å². The summed E-state index contributed by atoms with van der Waals surface area (Å²) >= 11 is 0. The lowest BCUT2D eigenvalue weighted by molar-refractivity contribution is -0.144. The van der Waals surface area contributed by atoms with Crippen LogP contribution in [0.25, 0.3) is 0 Å². The molecule has 0 aromatic heterocycles. The molecule has 2 nitrogen and oxygen atoms in total. The van der Waals surface area contributed by atoms with Crippen LogP contribution in [0.15, 0.2) is 12.2 Å². The molecule has 0 radical (unpaired) electrons. The minimum Gasteiger partial charge on any atom is -0.458 e. The van der Waals surface area contributed by atoms with Crippen LogP contribution in [0.3, 0.4) is 0 Å². The molecule has 0 aliphatic heterocycles. The Balaban J connectivity index is 2.33. The van der Waals surface area contributed by atoms with Gasteiger partial charge in [-0.1, -0.05) is 13.0 Å². The molecule has 2 unspecified atom stereocenters. The minimum atomic E-state index is -0.191. The maximum Gasteiger partial charge on any atom is 0.303 e. The van der Waals surface area contributed by atoms with E-state index in [4.69, 9.17) is 4.74 Å². The third-order valence-electron chi connectivity index (χ3n) is 1.58. The molecule has 2 heteroatoms. The van der Waals surface area contributed by atoms with Gasteiger partial charge in [0.2, 0.25) is 0 Å². The van der Waals surface area contributed by atoms with E-state index in [0.717, 1.165) is 6.42 Å². The molecule has 0 fully saturated rings. The summed E-state index contributed by atoms with van der Waals surface area (Å²) in [6, 6.07) is 0. The fourth-order valence-corrected chi connectivity index (χ4v) is 1.14. The SMILES string of the molecule is CC(=O)OC1C=CC(C)C1. The summed E-state index contributed by atoms with van der Waals surface area (Å²) in [5.41, 5.74) is 0. The van der Waals surface area contributed by atoms with Gasteiger partial charge in [-0.3, -0.25) is 4.79 Å². The van der Waals surface area contributed by atoms with Gasteiger partial charge in [-0.05, 0) is 18.4 Å². The zero-order chi connectivity index (χ0) is 7.56. The number of rotatable bonds is 1. The molecule has 1 rings (SSSR count). The van der Waals surface area contributed by atoms with E-state index in [0.29, 0.717) is 5.92 Å². The van der Waals surface area contributed by atoms with E-state index in [-0.39, 0.29) is 12.1 Å². The van der Waals surface area contributed by atoms with Crippen LogP contribution in [0.1, 0.15) is 20.3 Å². The second kappa shape index (κ2) is 2.86. The van der Waals surface area contributed by atoms with Crippen molar-refractivity contribution in [1.82, 2.24) is 0 Å². The monoisotopic (exact) mass is 140 g/mol. The molecule has 0 heterocycles. The normalized spacial score (nSPS) is 30.6. The summed E-state index contributed by atoms with van der Waals surface area (Å²) in [6.45, 7) is 3.55. The molecule has 1 aliphatic rings. The Kier molecular flexibility index (Phi) is 2.10. The molecule has 0 aromatic carbocycles. The Morgan fingerprint density at radius 2 is 2.30 bits per heavy atom. The number of allylic oxidation sites excluding steroid dienone is 1. The highest BCUT2D eigenvalue weighted by atomic mass is 16.5. The van der Waals surface area contributed by atoms with Crippen LogP contribution >= 0.6 is 0 Å². The topological polar surface area (TPSA) is 26.3 Å². The second-order valence-corrected chi connectivity index (χ2v) is 2.75. The average Bonchev–Trinajstić information content (AvgIpc) is 2.13. The van der Waals surface area contributed by atoms with Gasteiger partial charge in [-0.25, -0.2) is 0 Å². The fourth-order valence-electron chi connectivity index (χ4n) is 1.14. The Morgan fingerprint density at radius 3 is 2.70 bits per heavy atom. The van der Waals surface area contributed by atoms with E-state index in [1.54, 1.807) is 0 Å². The molecule has 0 amide bonds. The van der Waals surface area contributed by atoms with Crippen molar-refractivity contribution in [3.8, 4) is 0 Å². The molecule has 56 valence electrons. The fraction of sp³-hybridized carbons (Fsp3) is 0.625. The summed E-state index contributed by atoms with van der Waals surface area (Å²) in [5.74, 6) is 0.369. The quantitative estimate of drug-likeness (QED) is 0.407. The lowest BCUT2D eigenvalue weighted by Crippen LogP contribution is -2.11. The maximum absolute atomic E-state index is 10.5.